The first-order valence-corrected chi connectivity index (χ1v) is 13.6. The lowest BCUT2D eigenvalue weighted by Crippen LogP contribution is -2.53. The zero-order valence-electron chi connectivity index (χ0n) is 22.3. The van der Waals surface area contributed by atoms with E-state index in [1.165, 1.54) is 18.9 Å². The topological polar surface area (TPSA) is 129 Å². The summed E-state index contributed by atoms with van der Waals surface area (Å²) in [5.74, 6) is 0.345. The number of nitrogen functional groups attached to an aromatic ring is 1. The van der Waals surface area contributed by atoms with Gasteiger partial charge in [-0.1, -0.05) is 23.4 Å². The van der Waals surface area contributed by atoms with E-state index >= 15 is 0 Å². The molecule has 3 N–H and O–H groups in total. The first kappa shape index (κ1) is 28.3. The molecule has 12 heteroatoms. The molecule has 2 aromatic heterocycles. The van der Waals surface area contributed by atoms with E-state index in [0.29, 0.717) is 42.7 Å². The number of nitrogens with two attached hydrogens (primary N) is 1. The highest BCUT2D eigenvalue weighted by atomic mass is 35.5. The number of nitrogens with zero attached hydrogens (tertiary/aromatic N) is 3. The molecule has 0 aromatic carbocycles. The molecule has 1 amide bonds. The third-order valence-corrected chi connectivity index (χ3v) is 8.52. The molecule has 2 fully saturated rings. The zero-order valence-corrected chi connectivity index (χ0v) is 23.9. The van der Waals surface area contributed by atoms with Crippen LogP contribution in [0.5, 0.6) is 0 Å². The Hall–Kier alpha value is -2.76. The first-order chi connectivity index (χ1) is 17.9. The van der Waals surface area contributed by atoms with Gasteiger partial charge in [-0.25, -0.2) is 19.6 Å². The van der Waals surface area contributed by atoms with Gasteiger partial charge in [0, 0.05) is 34.5 Å². The number of methoxy groups -OCH3 is 1. The maximum absolute atomic E-state index is 12.8. The number of pyridine rings is 2. The highest BCUT2D eigenvalue weighted by Gasteiger charge is 2.47. The summed E-state index contributed by atoms with van der Waals surface area (Å²) in [5, 5.41) is 3.37. The van der Waals surface area contributed by atoms with Crippen LogP contribution in [0.3, 0.4) is 0 Å². The number of hydrogen-bond donors (Lipinski definition) is 2. The van der Waals surface area contributed by atoms with Crippen LogP contribution in [0.15, 0.2) is 28.1 Å². The number of esters is 1. The molecule has 4 rings (SSSR count). The van der Waals surface area contributed by atoms with Gasteiger partial charge in [0.1, 0.15) is 22.8 Å². The lowest BCUT2D eigenvalue weighted by atomic mass is 9.74. The normalized spacial score (nSPS) is 18.9. The smallest absolute Gasteiger partial charge is 0.407 e. The minimum Gasteiger partial charge on any atom is -0.465 e. The second-order valence-electron chi connectivity index (χ2n) is 10.6. The van der Waals surface area contributed by atoms with Gasteiger partial charge in [-0.3, -0.25) is 0 Å². The van der Waals surface area contributed by atoms with Gasteiger partial charge in [-0.05, 0) is 52.7 Å². The number of nitrogens with one attached hydrogen (secondary N) is 1. The average Bonchev–Trinajstić information content (AvgIpc) is 3.22. The van der Waals surface area contributed by atoms with Crippen LogP contribution in [0, 0.1) is 12.3 Å². The van der Waals surface area contributed by atoms with Crippen LogP contribution in [-0.2, 0) is 14.2 Å². The Morgan fingerprint density at radius 1 is 1.29 bits per heavy atom. The number of hydrogen-bond acceptors (Lipinski definition) is 10. The zero-order chi connectivity index (χ0) is 27.7. The van der Waals surface area contributed by atoms with E-state index < -0.39 is 17.7 Å². The van der Waals surface area contributed by atoms with Crippen LogP contribution in [0.25, 0.3) is 0 Å². The van der Waals surface area contributed by atoms with Crippen LogP contribution in [0.1, 0.15) is 49.7 Å². The molecular weight excluding hydrogens is 530 g/mol. The van der Waals surface area contributed by atoms with E-state index in [9.17, 15) is 9.59 Å². The largest absolute Gasteiger partial charge is 0.465 e. The van der Waals surface area contributed by atoms with E-state index in [-0.39, 0.29) is 17.3 Å². The molecule has 0 radical (unpaired) electrons. The van der Waals surface area contributed by atoms with Crippen LogP contribution in [0.2, 0.25) is 5.02 Å². The Labute approximate surface area is 231 Å². The number of rotatable bonds is 5. The average molecular weight is 564 g/mol. The summed E-state index contributed by atoms with van der Waals surface area (Å²) in [6.07, 6.45) is 2.67. The van der Waals surface area contributed by atoms with Gasteiger partial charge in [0.2, 0.25) is 0 Å². The third-order valence-electron chi connectivity index (χ3n) is 6.82. The number of halogens is 1. The van der Waals surface area contributed by atoms with Gasteiger partial charge in [-0.15, -0.1) is 0 Å². The maximum atomic E-state index is 12.8. The van der Waals surface area contributed by atoms with Gasteiger partial charge in [0.05, 0.1) is 37.1 Å². The molecule has 2 aliphatic heterocycles. The molecule has 0 bridgehead atoms. The molecule has 2 aromatic rings. The van der Waals surface area contributed by atoms with Crippen LogP contribution < -0.4 is 16.0 Å². The van der Waals surface area contributed by atoms with Crippen molar-refractivity contribution in [2.75, 3.05) is 44.0 Å². The summed E-state index contributed by atoms with van der Waals surface area (Å²) in [5.41, 5.74) is 6.20. The van der Waals surface area contributed by atoms with Crippen LogP contribution in [0.4, 0.5) is 16.4 Å². The SMILES string of the molecule is COC(=O)c1cc(Sc2ccnc(N)c2Cl)c(C)nc1N1CCC2(CC1)COC[C@H]2NC(=O)OC(C)(C)C. The Bertz CT molecular complexity index is 1210. The number of piperidine rings is 1. The molecular formula is C26H34ClN5O5S. The van der Waals surface area contributed by atoms with E-state index in [1.807, 2.05) is 27.7 Å². The summed E-state index contributed by atoms with van der Waals surface area (Å²) >= 11 is 7.71. The van der Waals surface area contributed by atoms with Gasteiger partial charge < -0.3 is 30.2 Å². The molecule has 0 unspecified atom stereocenters. The fraction of sp³-hybridized carbons (Fsp3) is 0.538. The first-order valence-electron chi connectivity index (χ1n) is 12.4. The molecule has 1 atom stereocenters. The minimum atomic E-state index is -0.576. The van der Waals surface area contributed by atoms with Crippen molar-refractivity contribution in [3.8, 4) is 0 Å². The fourth-order valence-corrected chi connectivity index (χ4v) is 5.93. The monoisotopic (exact) mass is 563 g/mol. The van der Waals surface area contributed by atoms with Gasteiger partial charge >= 0.3 is 12.1 Å². The van der Waals surface area contributed by atoms with Crippen molar-refractivity contribution < 1.29 is 23.8 Å². The Morgan fingerprint density at radius 2 is 2.00 bits per heavy atom. The number of alkyl carbamates (subject to hydrolysis) is 1. The number of aryl methyl sites for hydroxylation is 1. The van der Waals surface area contributed by atoms with Crippen LogP contribution in [-0.4, -0.2) is 67.1 Å². The number of aromatic nitrogens is 2. The summed E-state index contributed by atoms with van der Waals surface area (Å²) in [7, 11) is 1.35. The third kappa shape index (κ3) is 6.10. The van der Waals surface area contributed by atoms with Crippen molar-refractivity contribution in [2.45, 2.75) is 62.0 Å². The van der Waals surface area contributed by atoms with Gasteiger partial charge in [0.25, 0.3) is 0 Å². The van der Waals surface area contributed by atoms with E-state index in [2.05, 4.69) is 15.2 Å². The standard InChI is InChI=1S/C26H34ClN5O5S/c1-15-18(38-17-6-9-29-21(28)20(17)27)12-16(23(33)35-5)22(30-15)32-10-7-26(8-11-32)14-36-13-19(26)31-24(34)37-25(2,3)4/h6,9,12,19H,7-8,10-11,13-14H2,1-5H3,(H2,28,29)(H,31,34)/t19-/m1/s1. The fourth-order valence-electron chi connectivity index (χ4n) is 4.78. The van der Waals surface area contributed by atoms with Gasteiger partial charge in [0.15, 0.2) is 0 Å². The summed E-state index contributed by atoms with van der Waals surface area (Å²) in [4.78, 5) is 37.7. The number of amides is 1. The molecule has 10 nitrogen and oxygen atoms in total. The highest BCUT2D eigenvalue weighted by Crippen LogP contribution is 2.42. The van der Waals surface area contributed by atoms with Crippen molar-refractivity contribution in [3.63, 3.8) is 0 Å². The summed E-state index contributed by atoms with van der Waals surface area (Å²) in [6.45, 7) is 9.70. The maximum Gasteiger partial charge on any atom is 0.407 e. The molecule has 4 heterocycles. The second-order valence-corrected chi connectivity index (χ2v) is 12.1. The Morgan fingerprint density at radius 3 is 2.66 bits per heavy atom. The predicted molar refractivity (Wildman–Crippen MR) is 146 cm³/mol. The number of carbonyl (C=O) groups excluding carboxylic acids is 2. The predicted octanol–water partition coefficient (Wildman–Crippen LogP) is 4.47. The molecule has 1 spiro atoms. The summed E-state index contributed by atoms with van der Waals surface area (Å²) < 4.78 is 16.4. The molecule has 0 aliphatic carbocycles. The quantitative estimate of drug-likeness (QED) is 0.503. The van der Waals surface area contributed by atoms with Crippen molar-refractivity contribution in [1.29, 1.82) is 0 Å². The second kappa shape index (κ2) is 11.2. The molecule has 0 saturated carbocycles. The van der Waals surface area contributed by atoms with E-state index in [1.54, 1.807) is 18.3 Å². The number of anilines is 2. The van der Waals surface area contributed by atoms with Gasteiger partial charge in [-0.2, -0.15) is 0 Å². The number of ether oxygens (including phenoxy) is 3. The summed E-state index contributed by atoms with van der Waals surface area (Å²) in [6, 6.07) is 3.41. The van der Waals surface area contributed by atoms with Crippen molar-refractivity contribution >= 4 is 47.1 Å². The van der Waals surface area contributed by atoms with Crippen LogP contribution >= 0.6 is 23.4 Å². The van der Waals surface area contributed by atoms with Crippen molar-refractivity contribution in [2.24, 2.45) is 5.41 Å². The van der Waals surface area contributed by atoms with Crippen molar-refractivity contribution in [1.82, 2.24) is 15.3 Å². The Balaban J connectivity index is 1.53. The minimum absolute atomic E-state index is 0.148. The molecule has 206 valence electrons. The van der Waals surface area contributed by atoms with E-state index in [0.717, 1.165) is 28.3 Å². The highest BCUT2D eigenvalue weighted by molar-refractivity contribution is 7.99. The molecule has 38 heavy (non-hydrogen) atoms. The lowest BCUT2D eigenvalue weighted by molar-refractivity contribution is 0.0454. The van der Waals surface area contributed by atoms with Crippen molar-refractivity contribution in [3.05, 3.63) is 34.6 Å². The van der Waals surface area contributed by atoms with E-state index in [4.69, 9.17) is 36.5 Å². The number of carbonyl (C=O) groups is 2. The lowest BCUT2D eigenvalue weighted by Gasteiger charge is -2.42. The molecule has 2 saturated heterocycles. The molecule has 2 aliphatic rings. The Kier molecular flexibility index (Phi) is 8.29.